The number of hydrogen-bond donors (Lipinski definition) is 0. The molecule has 0 amide bonds. The van der Waals surface area contributed by atoms with E-state index in [-0.39, 0.29) is 10.5 Å². The van der Waals surface area contributed by atoms with Crippen LogP contribution in [0.3, 0.4) is 0 Å². The van der Waals surface area contributed by atoms with Gasteiger partial charge in [0.2, 0.25) is 0 Å². The summed E-state index contributed by atoms with van der Waals surface area (Å²) in [5.74, 6) is -0.488. The molecule has 142 valence electrons. The Bertz CT molecular complexity index is 1350. The molecule has 0 fully saturated rings. The topological polar surface area (TPSA) is 43.4 Å². The Morgan fingerprint density at radius 3 is 1.86 bits per heavy atom. The predicted molar refractivity (Wildman–Crippen MR) is 106 cm³/mol. The van der Waals surface area contributed by atoms with Gasteiger partial charge in [-0.05, 0) is 57.9 Å². The van der Waals surface area contributed by atoms with Crippen molar-refractivity contribution >= 4 is 41.3 Å². The first-order valence-electron chi connectivity index (χ1n) is 8.23. The van der Waals surface area contributed by atoms with Crippen molar-refractivity contribution in [2.75, 3.05) is 7.11 Å². The number of ether oxygens (including phenoxy) is 1. The Morgan fingerprint density at radius 1 is 0.786 bits per heavy atom. The molecule has 4 rings (SSSR count). The number of rotatable bonds is 3. The predicted octanol–water partition coefficient (Wildman–Crippen LogP) is 5.87. The molecule has 0 aliphatic carbocycles. The molecule has 0 unspecified atom stereocenters. The standard InChI is InChI=1S/C21H13ClF2O3S/c1-27-18-8-2-12-10-14(23)4-6-16(12)20(18)21-17-7-5-15(24)11-13(17)3-9-19(21)28(22,25)26/h2-11H,1H3. The van der Waals surface area contributed by atoms with Gasteiger partial charge in [0, 0.05) is 21.8 Å². The van der Waals surface area contributed by atoms with Gasteiger partial charge in [-0.2, -0.15) is 0 Å². The van der Waals surface area contributed by atoms with Crippen molar-refractivity contribution in [1.29, 1.82) is 0 Å². The number of benzene rings is 4. The minimum absolute atomic E-state index is 0.136. The van der Waals surface area contributed by atoms with Crippen molar-refractivity contribution < 1.29 is 21.9 Å². The van der Waals surface area contributed by atoms with Crippen LogP contribution >= 0.6 is 10.7 Å². The fraction of sp³-hybridized carbons (Fsp3) is 0.0476. The Morgan fingerprint density at radius 2 is 1.32 bits per heavy atom. The van der Waals surface area contributed by atoms with Crippen LogP contribution in [-0.4, -0.2) is 15.5 Å². The van der Waals surface area contributed by atoms with Gasteiger partial charge in [-0.15, -0.1) is 0 Å². The summed E-state index contributed by atoms with van der Waals surface area (Å²) >= 11 is 0. The monoisotopic (exact) mass is 418 g/mol. The molecule has 0 aliphatic heterocycles. The summed E-state index contributed by atoms with van der Waals surface area (Å²) in [6, 6.07) is 14.4. The molecule has 7 heteroatoms. The molecule has 0 saturated heterocycles. The van der Waals surface area contributed by atoms with E-state index in [4.69, 9.17) is 15.4 Å². The summed E-state index contributed by atoms with van der Waals surface area (Å²) in [7, 11) is 3.03. The quantitative estimate of drug-likeness (QED) is 0.390. The van der Waals surface area contributed by atoms with Crippen LogP contribution in [0.2, 0.25) is 0 Å². The van der Waals surface area contributed by atoms with Crippen molar-refractivity contribution in [3.8, 4) is 16.9 Å². The largest absolute Gasteiger partial charge is 0.496 e. The van der Waals surface area contributed by atoms with E-state index in [9.17, 15) is 17.2 Å². The number of methoxy groups -OCH3 is 1. The highest BCUT2D eigenvalue weighted by Crippen LogP contribution is 2.44. The highest BCUT2D eigenvalue weighted by Gasteiger charge is 2.24. The summed E-state index contributed by atoms with van der Waals surface area (Å²) in [6.07, 6.45) is 0. The summed E-state index contributed by atoms with van der Waals surface area (Å²) in [5.41, 5.74) is 0.720. The van der Waals surface area contributed by atoms with Crippen LogP contribution in [0.25, 0.3) is 32.7 Å². The smallest absolute Gasteiger partial charge is 0.261 e. The normalized spacial score (nSPS) is 11.9. The third-order valence-corrected chi connectivity index (χ3v) is 5.98. The molecule has 3 nitrogen and oxygen atoms in total. The zero-order valence-electron chi connectivity index (χ0n) is 14.5. The van der Waals surface area contributed by atoms with E-state index in [1.807, 2.05) is 0 Å². The number of halogens is 3. The van der Waals surface area contributed by atoms with Crippen LogP contribution in [0.4, 0.5) is 8.78 Å². The van der Waals surface area contributed by atoms with Crippen LogP contribution in [0.1, 0.15) is 0 Å². The number of fused-ring (bicyclic) bond motifs is 2. The Hall–Kier alpha value is -2.70. The van der Waals surface area contributed by atoms with Crippen molar-refractivity contribution in [2.45, 2.75) is 4.90 Å². The van der Waals surface area contributed by atoms with Gasteiger partial charge in [0.25, 0.3) is 9.05 Å². The van der Waals surface area contributed by atoms with E-state index >= 15 is 0 Å². The molecule has 4 aromatic carbocycles. The first-order valence-corrected chi connectivity index (χ1v) is 10.5. The minimum Gasteiger partial charge on any atom is -0.496 e. The molecule has 4 aromatic rings. The van der Waals surface area contributed by atoms with Gasteiger partial charge in [0.05, 0.1) is 12.0 Å². The molecular weight excluding hydrogens is 406 g/mol. The maximum absolute atomic E-state index is 13.7. The van der Waals surface area contributed by atoms with Crippen LogP contribution < -0.4 is 4.74 Å². The van der Waals surface area contributed by atoms with Crippen molar-refractivity contribution in [2.24, 2.45) is 0 Å². The van der Waals surface area contributed by atoms with Gasteiger partial charge < -0.3 is 4.74 Å². The molecule has 28 heavy (non-hydrogen) atoms. The molecule has 0 heterocycles. The summed E-state index contributed by atoms with van der Waals surface area (Å²) in [4.78, 5) is -0.136. The first-order chi connectivity index (χ1) is 13.3. The summed E-state index contributed by atoms with van der Waals surface area (Å²) in [6.45, 7) is 0. The van der Waals surface area contributed by atoms with E-state index in [0.717, 1.165) is 0 Å². The van der Waals surface area contributed by atoms with Gasteiger partial charge in [0.15, 0.2) is 0 Å². The second-order valence-electron chi connectivity index (χ2n) is 6.25. The van der Waals surface area contributed by atoms with E-state index < -0.39 is 20.7 Å². The molecule has 0 aromatic heterocycles. The maximum atomic E-state index is 13.7. The van der Waals surface area contributed by atoms with Crippen molar-refractivity contribution in [1.82, 2.24) is 0 Å². The molecular formula is C21H13ClF2O3S. The lowest BCUT2D eigenvalue weighted by atomic mass is 9.93. The molecule has 0 N–H and O–H groups in total. The van der Waals surface area contributed by atoms with Crippen LogP contribution in [-0.2, 0) is 9.05 Å². The lowest BCUT2D eigenvalue weighted by molar-refractivity contribution is 0.417. The van der Waals surface area contributed by atoms with E-state index in [1.54, 1.807) is 18.2 Å². The lowest BCUT2D eigenvalue weighted by Gasteiger charge is -2.17. The highest BCUT2D eigenvalue weighted by atomic mass is 35.7. The van der Waals surface area contributed by atoms with E-state index in [1.165, 1.54) is 49.6 Å². The molecule has 0 saturated carbocycles. The third kappa shape index (κ3) is 3.08. The van der Waals surface area contributed by atoms with Gasteiger partial charge in [-0.25, -0.2) is 17.2 Å². The summed E-state index contributed by atoms with van der Waals surface area (Å²) < 4.78 is 57.6. The minimum atomic E-state index is -4.14. The third-order valence-electron chi connectivity index (χ3n) is 4.62. The second kappa shape index (κ2) is 6.72. The van der Waals surface area contributed by atoms with Crippen molar-refractivity contribution in [3.63, 3.8) is 0 Å². The Balaban J connectivity index is 2.26. The van der Waals surface area contributed by atoms with Crippen LogP contribution in [0.15, 0.2) is 65.6 Å². The van der Waals surface area contributed by atoms with E-state index in [2.05, 4.69) is 0 Å². The highest BCUT2D eigenvalue weighted by molar-refractivity contribution is 8.13. The average molecular weight is 419 g/mol. The Kier molecular flexibility index (Phi) is 4.48. The van der Waals surface area contributed by atoms with E-state index in [0.29, 0.717) is 32.9 Å². The average Bonchev–Trinajstić information content (AvgIpc) is 2.65. The fourth-order valence-electron chi connectivity index (χ4n) is 3.45. The van der Waals surface area contributed by atoms with Crippen LogP contribution in [0, 0.1) is 11.6 Å². The zero-order chi connectivity index (χ0) is 20.1. The molecule has 0 aliphatic rings. The zero-order valence-corrected chi connectivity index (χ0v) is 16.1. The summed E-state index contributed by atoms with van der Waals surface area (Å²) in [5, 5.41) is 2.13. The lowest BCUT2D eigenvalue weighted by Crippen LogP contribution is -1.99. The second-order valence-corrected chi connectivity index (χ2v) is 8.78. The van der Waals surface area contributed by atoms with Crippen molar-refractivity contribution in [3.05, 3.63) is 72.3 Å². The van der Waals surface area contributed by atoms with Gasteiger partial charge in [-0.1, -0.05) is 24.3 Å². The molecule has 0 radical (unpaired) electrons. The van der Waals surface area contributed by atoms with Gasteiger partial charge in [-0.3, -0.25) is 0 Å². The molecule has 0 atom stereocenters. The van der Waals surface area contributed by atoms with Crippen LogP contribution in [0.5, 0.6) is 5.75 Å². The fourth-order valence-corrected chi connectivity index (χ4v) is 4.52. The number of hydrogen-bond acceptors (Lipinski definition) is 3. The Labute approximate surface area is 164 Å². The first kappa shape index (κ1) is 18.7. The van der Waals surface area contributed by atoms with Gasteiger partial charge >= 0.3 is 0 Å². The molecule has 0 bridgehead atoms. The van der Waals surface area contributed by atoms with Gasteiger partial charge in [0.1, 0.15) is 17.4 Å². The maximum Gasteiger partial charge on any atom is 0.261 e. The SMILES string of the molecule is COc1ccc2cc(F)ccc2c1-c1c(S(=O)(=O)Cl)ccc2cc(F)ccc12. The molecule has 0 spiro atoms.